The molecule has 0 aliphatic rings. The summed E-state index contributed by atoms with van der Waals surface area (Å²) in [4.78, 5) is 58.6. The molecular formula is C25H38N2O9. The van der Waals surface area contributed by atoms with Crippen LogP contribution in [0.1, 0.15) is 66.6 Å². The molecule has 0 saturated heterocycles. The van der Waals surface area contributed by atoms with Crippen LogP contribution in [0.25, 0.3) is 0 Å². The maximum absolute atomic E-state index is 12.5. The Morgan fingerprint density at radius 2 is 1.47 bits per heavy atom. The van der Waals surface area contributed by atoms with E-state index in [0.29, 0.717) is 5.56 Å². The number of hydrogen-bond donors (Lipinski definition) is 2. The minimum absolute atomic E-state index is 0.0950. The lowest BCUT2D eigenvalue weighted by Gasteiger charge is -2.19. The van der Waals surface area contributed by atoms with Crippen molar-refractivity contribution in [2.75, 3.05) is 13.2 Å². The summed E-state index contributed by atoms with van der Waals surface area (Å²) in [5.41, 5.74) is 5.98. The predicted molar refractivity (Wildman–Crippen MR) is 131 cm³/mol. The summed E-state index contributed by atoms with van der Waals surface area (Å²) in [6, 6.07) is 5.01. The number of ether oxygens (including phenoxy) is 4. The highest BCUT2D eigenvalue weighted by Crippen LogP contribution is 2.23. The maximum Gasteiger partial charge on any atom is 0.352 e. The Morgan fingerprint density at radius 3 is 1.94 bits per heavy atom. The van der Waals surface area contributed by atoms with E-state index in [0.717, 1.165) is 6.92 Å². The molecule has 0 heterocycles. The van der Waals surface area contributed by atoms with Gasteiger partial charge in [0.05, 0.1) is 6.04 Å². The molecule has 0 aromatic heterocycles. The third kappa shape index (κ3) is 13.4. The quantitative estimate of drug-likeness (QED) is 0.256. The first-order chi connectivity index (χ1) is 16.8. The van der Waals surface area contributed by atoms with Crippen LogP contribution in [0.3, 0.4) is 0 Å². The molecule has 202 valence electrons. The molecule has 0 aliphatic carbocycles. The number of nitrogens with two attached hydrogens (primary N) is 1. The van der Waals surface area contributed by atoms with E-state index < -0.39 is 48.0 Å². The Balaban J connectivity index is 0.00000387. The minimum atomic E-state index is -1.37. The van der Waals surface area contributed by atoms with Gasteiger partial charge < -0.3 is 30.0 Å². The molecule has 1 aromatic carbocycles. The molecule has 0 radical (unpaired) electrons. The molecule has 1 rings (SSSR count). The highest BCUT2D eigenvalue weighted by Gasteiger charge is 2.27. The molecule has 11 heteroatoms. The summed E-state index contributed by atoms with van der Waals surface area (Å²) in [6.07, 6.45) is -0.949. The van der Waals surface area contributed by atoms with Crippen molar-refractivity contribution in [3.63, 3.8) is 0 Å². The number of esters is 4. The van der Waals surface area contributed by atoms with Crippen molar-refractivity contribution in [3.05, 3.63) is 29.8 Å². The van der Waals surface area contributed by atoms with Crippen LogP contribution in [0.2, 0.25) is 0 Å². The molecule has 36 heavy (non-hydrogen) atoms. The number of benzene rings is 1. The van der Waals surface area contributed by atoms with Crippen molar-refractivity contribution < 1.29 is 42.9 Å². The third-order valence-corrected chi connectivity index (χ3v) is 4.16. The largest absolute Gasteiger partial charge is 0.459 e. The molecule has 0 saturated carbocycles. The van der Waals surface area contributed by atoms with Crippen LogP contribution in [-0.4, -0.2) is 55.1 Å². The standard InChI is InChI=1S/C22H30N2O9.C3H8/c1-12(2)19(23)21(28)24-10-18(27)31-13(3)11-30-22(29)20(33-15(5)26)16-6-8-17(9-7-16)32-14(4)25;1-3-2/h6-9,12-13,19-20H,10-11,23H2,1-5H3,(H,24,28);3H2,1-2H3. The minimum Gasteiger partial charge on any atom is -0.459 e. The van der Waals surface area contributed by atoms with Crippen LogP contribution >= 0.6 is 0 Å². The van der Waals surface area contributed by atoms with Crippen molar-refractivity contribution in [2.45, 2.75) is 73.1 Å². The second-order valence-corrected chi connectivity index (χ2v) is 8.28. The molecule has 3 N–H and O–H groups in total. The van der Waals surface area contributed by atoms with Gasteiger partial charge in [0, 0.05) is 19.4 Å². The molecule has 3 atom stereocenters. The Kier molecular flexibility index (Phi) is 15.4. The average molecular weight is 511 g/mol. The van der Waals surface area contributed by atoms with E-state index in [2.05, 4.69) is 19.2 Å². The SMILES string of the molecule is CC(=O)Oc1ccc(C(OC(C)=O)C(=O)OCC(C)OC(=O)CNC(=O)C(N)C(C)C)cc1.CCC. The fourth-order valence-corrected chi connectivity index (χ4v) is 2.45. The molecule has 1 amide bonds. The Bertz CT molecular complexity index is 869. The zero-order chi connectivity index (χ0) is 27.8. The number of rotatable bonds is 11. The van der Waals surface area contributed by atoms with E-state index in [4.69, 9.17) is 24.7 Å². The first-order valence-corrected chi connectivity index (χ1v) is 11.7. The van der Waals surface area contributed by atoms with Crippen LogP contribution < -0.4 is 15.8 Å². The molecule has 0 bridgehead atoms. The van der Waals surface area contributed by atoms with Gasteiger partial charge in [0.25, 0.3) is 0 Å². The smallest absolute Gasteiger partial charge is 0.352 e. The molecule has 0 spiro atoms. The first kappa shape index (κ1) is 32.5. The number of carbonyl (C=O) groups excluding carboxylic acids is 5. The zero-order valence-electron chi connectivity index (χ0n) is 22.0. The van der Waals surface area contributed by atoms with Crippen molar-refractivity contribution in [2.24, 2.45) is 11.7 Å². The summed E-state index contributed by atoms with van der Waals surface area (Å²) in [5.74, 6) is -3.17. The van der Waals surface area contributed by atoms with Crippen LogP contribution in [0.15, 0.2) is 24.3 Å². The first-order valence-electron chi connectivity index (χ1n) is 11.7. The predicted octanol–water partition coefficient (Wildman–Crippen LogP) is 2.21. The van der Waals surface area contributed by atoms with Crippen LogP contribution in [-0.2, 0) is 38.2 Å². The van der Waals surface area contributed by atoms with E-state index in [1.807, 2.05) is 0 Å². The summed E-state index contributed by atoms with van der Waals surface area (Å²) in [7, 11) is 0. The Morgan fingerprint density at radius 1 is 0.917 bits per heavy atom. The highest BCUT2D eigenvalue weighted by atomic mass is 16.6. The zero-order valence-corrected chi connectivity index (χ0v) is 22.0. The molecule has 3 unspecified atom stereocenters. The van der Waals surface area contributed by atoms with Crippen LogP contribution in [0.5, 0.6) is 5.75 Å². The lowest BCUT2D eigenvalue weighted by molar-refractivity contribution is -0.171. The lowest BCUT2D eigenvalue weighted by Crippen LogP contribution is -2.46. The third-order valence-electron chi connectivity index (χ3n) is 4.16. The van der Waals surface area contributed by atoms with Gasteiger partial charge in [-0.25, -0.2) is 4.79 Å². The summed E-state index contributed by atoms with van der Waals surface area (Å²) >= 11 is 0. The van der Waals surface area contributed by atoms with Gasteiger partial charge in [-0.05, 0) is 25.0 Å². The van der Waals surface area contributed by atoms with Gasteiger partial charge in [-0.15, -0.1) is 0 Å². The Labute approximate surface area is 212 Å². The summed E-state index contributed by atoms with van der Waals surface area (Å²) < 4.78 is 20.2. The highest BCUT2D eigenvalue weighted by molar-refractivity contribution is 5.85. The van der Waals surface area contributed by atoms with E-state index >= 15 is 0 Å². The lowest BCUT2D eigenvalue weighted by atomic mass is 10.1. The Hall–Kier alpha value is -3.47. The van der Waals surface area contributed by atoms with Crippen LogP contribution in [0, 0.1) is 5.92 Å². The number of hydrogen-bond acceptors (Lipinski definition) is 10. The molecule has 11 nitrogen and oxygen atoms in total. The van der Waals surface area contributed by atoms with E-state index in [1.54, 1.807) is 13.8 Å². The van der Waals surface area contributed by atoms with Crippen molar-refractivity contribution in [1.29, 1.82) is 0 Å². The van der Waals surface area contributed by atoms with Gasteiger partial charge in [0.2, 0.25) is 12.0 Å². The molecule has 1 aromatic rings. The number of amides is 1. The number of nitrogens with one attached hydrogen (secondary N) is 1. The molecule has 0 aliphatic heterocycles. The van der Waals surface area contributed by atoms with Crippen molar-refractivity contribution >= 4 is 29.8 Å². The monoisotopic (exact) mass is 510 g/mol. The summed E-state index contributed by atoms with van der Waals surface area (Å²) in [6.45, 7) is 11.0. The summed E-state index contributed by atoms with van der Waals surface area (Å²) in [5, 5.41) is 2.38. The molecule has 0 fully saturated rings. The van der Waals surface area contributed by atoms with Crippen molar-refractivity contribution in [1.82, 2.24) is 5.32 Å². The van der Waals surface area contributed by atoms with Crippen molar-refractivity contribution in [3.8, 4) is 5.75 Å². The second-order valence-electron chi connectivity index (χ2n) is 8.28. The topological polar surface area (TPSA) is 160 Å². The van der Waals surface area contributed by atoms with E-state index in [9.17, 15) is 24.0 Å². The maximum atomic E-state index is 12.5. The van der Waals surface area contributed by atoms with Gasteiger partial charge in [0.15, 0.2) is 0 Å². The fraction of sp³-hybridized carbons (Fsp3) is 0.560. The second kappa shape index (κ2) is 17.0. The number of carbonyl (C=O) groups is 5. The van der Waals surface area contributed by atoms with Gasteiger partial charge in [-0.1, -0.05) is 46.2 Å². The van der Waals surface area contributed by atoms with Crippen LogP contribution in [0.4, 0.5) is 0 Å². The van der Waals surface area contributed by atoms with E-state index in [1.165, 1.54) is 44.5 Å². The van der Waals surface area contributed by atoms with Gasteiger partial charge >= 0.3 is 23.9 Å². The normalized spacial score (nSPS) is 12.7. The van der Waals surface area contributed by atoms with Gasteiger partial charge in [-0.3, -0.25) is 19.2 Å². The van der Waals surface area contributed by atoms with E-state index in [-0.39, 0.29) is 24.8 Å². The van der Waals surface area contributed by atoms with Gasteiger partial charge in [0.1, 0.15) is 25.0 Å². The average Bonchev–Trinajstić information content (AvgIpc) is 2.79. The van der Waals surface area contributed by atoms with Gasteiger partial charge in [-0.2, -0.15) is 0 Å². The fourth-order valence-electron chi connectivity index (χ4n) is 2.45. The molecular weight excluding hydrogens is 472 g/mol.